The van der Waals surface area contributed by atoms with Crippen LogP contribution in [0.1, 0.15) is 28.8 Å². The molecule has 22 heavy (non-hydrogen) atoms. The number of nitrogens with one attached hydrogen (secondary N) is 2. The molecule has 0 atom stereocenters. The van der Waals surface area contributed by atoms with Crippen LogP contribution in [0.15, 0.2) is 18.9 Å². The van der Waals surface area contributed by atoms with Crippen LogP contribution in [-0.2, 0) is 30.8 Å². The lowest BCUT2D eigenvalue weighted by Crippen LogP contribution is -2.29. The number of pyridine rings is 1. The Balaban J connectivity index is 1.60. The molecule has 0 aromatic carbocycles. The SMILES string of the molecule is Cc1ncc2c(c1CNC(=O)CCn1cncn1)CCNC2. The summed E-state index contributed by atoms with van der Waals surface area (Å²) in [5, 5.41) is 10.3. The predicted octanol–water partition coefficient (Wildman–Crippen LogP) is 0.334. The molecule has 2 N–H and O–H groups in total. The third-order valence-electron chi connectivity index (χ3n) is 3.97. The van der Waals surface area contributed by atoms with E-state index in [0.29, 0.717) is 19.5 Å². The molecule has 0 radical (unpaired) electrons. The number of fused-ring (bicyclic) bond motifs is 1. The summed E-state index contributed by atoms with van der Waals surface area (Å²) in [5.74, 6) is 0.0152. The number of carbonyl (C=O) groups is 1. The molecule has 2 aromatic rings. The van der Waals surface area contributed by atoms with Crippen LogP contribution in [0.2, 0.25) is 0 Å². The van der Waals surface area contributed by atoms with Gasteiger partial charge in [0.1, 0.15) is 12.7 Å². The first kappa shape index (κ1) is 14.6. The van der Waals surface area contributed by atoms with Gasteiger partial charge in [-0.25, -0.2) is 4.98 Å². The summed E-state index contributed by atoms with van der Waals surface area (Å²) in [6, 6.07) is 0. The number of nitrogens with zero attached hydrogens (tertiary/aromatic N) is 4. The van der Waals surface area contributed by atoms with Gasteiger partial charge in [-0.3, -0.25) is 14.5 Å². The van der Waals surface area contributed by atoms with Crippen molar-refractivity contribution in [3.8, 4) is 0 Å². The Morgan fingerprint density at radius 3 is 3.23 bits per heavy atom. The number of aromatic nitrogens is 4. The molecule has 1 aliphatic rings. The molecule has 116 valence electrons. The van der Waals surface area contributed by atoms with Crippen molar-refractivity contribution in [1.29, 1.82) is 0 Å². The van der Waals surface area contributed by atoms with E-state index in [1.165, 1.54) is 17.5 Å². The molecule has 1 aliphatic heterocycles. The smallest absolute Gasteiger partial charge is 0.222 e. The largest absolute Gasteiger partial charge is 0.352 e. The highest BCUT2D eigenvalue weighted by atomic mass is 16.1. The van der Waals surface area contributed by atoms with Gasteiger partial charge < -0.3 is 10.6 Å². The fourth-order valence-corrected chi connectivity index (χ4v) is 2.72. The Hall–Kier alpha value is -2.28. The van der Waals surface area contributed by atoms with Crippen LogP contribution in [0, 0.1) is 6.92 Å². The molecule has 0 saturated carbocycles. The highest BCUT2D eigenvalue weighted by Gasteiger charge is 2.16. The third kappa shape index (κ3) is 3.30. The normalized spacial score (nSPS) is 13.7. The third-order valence-corrected chi connectivity index (χ3v) is 3.97. The van der Waals surface area contributed by atoms with Gasteiger partial charge in [0.15, 0.2) is 0 Å². The zero-order chi connectivity index (χ0) is 15.4. The summed E-state index contributed by atoms with van der Waals surface area (Å²) in [6.07, 6.45) is 6.40. The van der Waals surface area contributed by atoms with E-state index in [-0.39, 0.29) is 5.91 Å². The summed E-state index contributed by atoms with van der Waals surface area (Å²) in [5.41, 5.74) is 4.73. The summed E-state index contributed by atoms with van der Waals surface area (Å²) in [7, 11) is 0. The standard InChI is InChI=1S/C15H20N6O/c1-11-14(13-2-4-16-6-12(13)7-18-11)8-19-15(22)3-5-21-10-17-9-20-21/h7,9-10,16H,2-6,8H2,1H3,(H,19,22). The highest BCUT2D eigenvalue weighted by Crippen LogP contribution is 2.20. The number of carbonyl (C=O) groups excluding carboxylic acids is 1. The second kappa shape index (κ2) is 6.65. The summed E-state index contributed by atoms with van der Waals surface area (Å²) >= 11 is 0. The second-order valence-electron chi connectivity index (χ2n) is 5.44. The van der Waals surface area contributed by atoms with Gasteiger partial charge in [0.25, 0.3) is 0 Å². The maximum absolute atomic E-state index is 12.0. The molecule has 0 unspecified atom stereocenters. The molecular weight excluding hydrogens is 280 g/mol. The monoisotopic (exact) mass is 300 g/mol. The van der Waals surface area contributed by atoms with Crippen LogP contribution in [0.4, 0.5) is 0 Å². The van der Waals surface area contributed by atoms with Crippen LogP contribution < -0.4 is 10.6 Å². The van der Waals surface area contributed by atoms with Crippen LogP contribution in [0.5, 0.6) is 0 Å². The molecule has 0 fully saturated rings. The zero-order valence-electron chi connectivity index (χ0n) is 12.7. The lowest BCUT2D eigenvalue weighted by atomic mass is 9.96. The van der Waals surface area contributed by atoms with Gasteiger partial charge in [-0.1, -0.05) is 0 Å². The molecule has 7 heteroatoms. The Kier molecular flexibility index (Phi) is 4.43. The van der Waals surface area contributed by atoms with E-state index in [1.54, 1.807) is 11.0 Å². The zero-order valence-corrected chi connectivity index (χ0v) is 12.7. The fourth-order valence-electron chi connectivity index (χ4n) is 2.72. The van der Waals surface area contributed by atoms with Crippen molar-refractivity contribution in [2.24, 2.45) is 0 Å². The molecular formula is C15H20N6O. The minimum atomic E-state index is 0.0152. The van der Waals surface area contributed by atoms with E-state index in [9.17, 15) is 4.79 Å². The predicted molar refractivity (Wildman–Crippen MR) is 80.9 cm³/mol. The first-order valence-corrected chi connectivity index (χ1v) is 7.50. The van der Waals surface area contributed by atoms with Gasteiger partial charge in [0.2, 0.25) is 5.91 Å². The average molecular weight is 300 g/mol. The van der Waals surface area contributed by atoms with Crippen molar-refractivity contribution < 1.29 is 4.79 Å². The fraction of sp³-hybridized carbons (Fsp3) is 0.467. The number of hydrogen-bond acceptors (Lipinski definition) is 5. The van der Waals surface area contributed by atoms with Crippen LogP contribution >= 0.6 is 0 Å². The molecule has 7 nitrogen and oxygen atoms in total. The average Bonchev–Trinajstić information content (AvgIpc) is 3.05. The van der Waals surface area contributed by atoms with E-state index >= 15 is 0 Å². The summed E-state index contributed by atoms with van der Waals surface area (Å²) < 4.78 is 1.66. The first-order valence-electron chi connectivity index (χ1n) is 7.50. The van der Waals surface area contributed by atoms with Gasteiger partial charge in [-0.2, -0.15) is 5.10 Å². The molecule has 0 spiro atoms. The number of hydrogen-bond donors (Lipinski definition) is 2. The van der Waals surface area contributed by atoms with Crippen molar-refractivity contribution in [1.82, 2.24) is 30.4 Å². The van der Waals surface area contributed by atoms with Crippen LogP contribution in [-0.4, -0.2) is 32.2 Å². The lowest BCUT2D eigenvalue weighted by Gasteiger charge is -2.21. The van der Waals surface area contributed by atoms with Crippen molar-refractivity contribution >= 4 is 5.91 Å². The van der Waals surface area contributed by atoms with Gasteiger partial charge in [0.05, 0.1) is 6.54 Å². The highest BCUT2D eigenvalue weighted by molar-refractivity contribution is 5.75. The lowest BCUT2D eigenvalue weighted by molar-refractivity contribution is -0.121. The molecule has 1 amide bonds. The maximum Gasteiger partial charge on any atom is 0.222 e. The van der Waals surface area contributed by atoms with Crippen molar-refractivity contribution in [2.75, 3.05) is 6.54 Å². The minimum Gasteiger partial charge on any atom is -0.352 e. The Morgan fingerprint density at radius 2 is 2.41 bits per heavy atom. The number of amides is 1. The van der Waals surface area contributed by atoms with Gasteiger partial charge >= 0.3 is 0 Å². The van der Waals surface area contributed by atoms with E-state index in [1.807, 2.05) is 13.1 Å². The number of rotatable bonds is 5. The van der Waals surface area contributed by atoms with Crippen molar-refractivity contribution in [3.05, 3.63) is 41.2 Å². The second-order valence-corrected chi connectivity index (χ2v) is 5.44. The van der Waals surface area contributed by atoms with Crippen LogP contribution in [0.3, 0.4) is 0 Å². The molecule has 0 saturated heterocycles. The molecule has 0 aliphatic carbocycles. The molecule has 0 bridgehead atoms. The molecule has 3 heterocycles. The Bertz CT molecular complexity index is 652. The summed E-state index contributed by atoms with van der Waals surface area (Å²) in [4.78, 5) is 20.3. The topological polar surface area (TPSA) is 84.7 Å². The van der Waals surface area contributed by atoms with E-state index in [4.69, 9.17) is 0 Å². The van der Waals surface area contributed by atoms with E-state index < -0.39 is 0 Å². The van der Waals surface area contributed by atoms with Gasteiger partial charge in [-0.15, -0.1) is 0 Å². The molecule has 3 rings (SSSR count). The van der Waals surface area contributed by atoms with Crippen LogP contribution in [0.25, 0.3) is 0 Å². The van der Waals surface area contributed by atoms with Crippen molar-refractivity contribution in [2.45, 2.75) is 39.4 Å². The number of aryl methyl sites for hydroxylation is 2. The summed E-state index contributed by atoms with van der Waals surface area (Å²) in [6.45, 7) is 4.91. The first-order chi connectivity index (χ1) is 10.7. The van der Waals surface area contributed by atoms with E-state index in [2.05, 4.69) is 25.7 Å². The van der Waals surface area contributed by atoms with Crippen molar-refractivity contribution in [3.63, 3.8) is 0 Å². The van der Waals surface area contributed by atoms with Gasteiger partial charge in [0, 0.05) is 31.4 Å². The minimum absolute atomic E-state index is 0.0152. The Morgan fingerprint density at radius 1 is 1.50 bits per heavy atom. The van der Waals surface area contributed by atoms with E-state index in [0.717, 1.165) is 30.8 Å². The van der Waals surface area contributed by atoms with Gasteiger partial charge in [-0.05, 0) is 36.6 Å². The molecule has 2 aromatic heterocycles. The quantitative estimate of drug-likeness (QED) is 0.831. The maximum atomic E-state index is 12.0. The Labute approximate surface area is 129 Å².